The summed E-state index contributed by atoms with van der Waals surface area (Å²) >= 11 is 0. The number of aryl methyl sites for hydroxylation is 1. The number of nitrogens with zero attached hydrogens (tertiary/aromatic N) is 4. The van der Waals surface area contributed by atoms with Crippen molar-refractivity contribution < 1.29 is 5.21 Å². The summed E-state index contributed by atoms with van der Waals surface area (Å²) in [6.45, 7) is 6.92. The Kier molecular flexibility index (Phi) is 5.43. The number of piperazine rings is 1. The quantitative estimate of drug-likeness (QED) is 0.522. The first kappa shape index (κ1) is 16.5. The lowest BCUT2D eigenvalue weighted by molar-refractivity contribution is 0.262. The summed E-state index contributed by atoms with van der Waals surface area (Å²) in [4.78, 5) is 9.15. The van der Waals surface area contributed by atoms with Gasteiger partial charge in [0.2, 0.25) is 0 Å². The first-order valence-corrected chi connectivity index (χ1v) is 8.42. The zero-order valence-electron chi connectivity index (χ0n) is 14.1. The van der Waals surface area contributed by atoms with Crippen LogP contribution in [-0.4, -0.2) is 53.5 Å². The molecule has 0 unspecified atom stereocenters. The van der Waals surface area contributed by atoms with Gasteiger partial charge in [0.15, 0.2) is 0 Å². The molecule has 0 spiro atoms. The molecule has 5 nitrogen and oxygen atoms in total. The zero-order valence-corrected chi connectivity index (χ0v) is 14.1. The van der Waals surface area contributed by atoms with Crippen molar-refractivity contribution in [3.63, 3.8) is 0 Å². The minimum absolute atomic E-state index is 0.754. The van der Waals surface area contributed by atoms with Crippen LogP contribution in [0.25, 0.3) is 0 Å². The van der Waals surface area contributed by atoms with Crippen molar-refractivity contribution in [2.45, 2.75) is 13.3 Å². The van der Waals surface area contributed by atoms with E-state index in [0.29, 0.717) is 0 Å². The molecule has 1 aliphatic heterocycles. The summed E-state index contributed by atoms with van der Waals surface area (Å²) in [6, 6.07) is 14.2. The highest BCUT2D eigenvalue weighted by Crippen LogP contribution is 2.14. The molecular formula is C19H24N4O. The molecule has 1 aliphatic rings. The van der Waals surface area contributed by atoms with Gasteiger partial charge in [-0.1, -0.05) is 41.1 Å². The molecule has 126 valence electrons. The first-order valence-electron chi connectivity index (χ1n) is 8.42. The van der Waals surface area contributed by atoms with E-state index in [-0.39, 0.29) is 0 Å². The Labute approximate surface area is 143 Å². The third-order valence-corrected chi connectivity index (χ3v) is 4.48. The van der Waals surface area contributed by atoms with E-state index >= 15 is 0 Å². The lowest BCUT2D eigenvalue weighted by atomic mass is 10.0. The number of anilines is 1. The second-order valence-corrected chi connectivity index (χ2v) is 6.18. The lowest BCUT2D eigenvalue weighted by Gasteiger charge is -2.35. The van der Waals surface area contributed by atoms with Crippen LogP contribution in [0.15, 0.2) is 53.8 Å². The fourth-order valence-electron chi connectivity index (χ4n) is 3.08. The molecule has 0 amide bonds. The van der Waals surface area contributed by atoms with Crippen molar-refractivity contribution in [1.29, 1.82) is 0 Å². The molecule has 24 heavy (non-hydrogen) atoms. The highest BCUT2D eigenvalue weighted by atomic mass is 16.4. The fraction of sp³-hybridized carbons (Fsp3) is 0.368. The molecule has 0 bridgehead atoms. The maximum absolute atomic E-state index is 9.34. The van der Waals surface area contributed by atoms with Gasteiger partial charge in [-0.25, -0.2) is 4.98 Å². The molecule has 5 heteroatoms. The number of rotatable bonds is 5. The van der Waals surface area contributed by atoms with Crippen LogP contribution in [0.3, 0.4) is 0 Å². The van der Waals surface area contributed by atoms with Crippen LogP contribution < -0.4 is 4.90 Å². The Morgan fingerprint density at radius 3 is 2.62 bits per heavy atom. The van der Waals surface area contributed by atoms with E-state index < -0.39 is 0 Å². The van der Waals surface area contributed by atoms with Gasteiger partial charge in [-0.15, -0.1) is 0 Å². The average Bonchev–Trinajstić information content (AvgIpc) is 2.64. The van der Waals surface area contributed by atoms with Crippen molar-refractivity contribution >= 4 is 11.5 Å². The molecular weight excluding hydrogens is 300 g/mol. The topological polar surface area (TPSA) is 52.0 Å². The Balaban J connectivity index is 1.51. The Hall–Kier alpha value is -2.40. The minimum atomic E-state index is 0.754. The van der Waals surface area contributed by atoms with Crippen LogP contribution in [0.4, 0.5) is 5.82 Å². The smallest absolute Gasteiger partial charge is 0.128 e. The van der Waals surface area contributed by atoms with Crippen LogP contribution >= 0.6 is 0 Å². The second kappa shape index (κ2) is 7.93. The zero-order chi connectivity index (χ0) is 16.8. The van der Waals surface area contributed by atoms with Gasteiger partial charge in [-0.3, -0.25) is 4.90 Å². The molecule has 1 saturated heterocycles. The van der Waals surface area contributed by atoms with Gasteiger partial charge in [-0.05, 0) is 24.6 Å². The van der Waals surface area contributed by atoms with E-state index in [1.165, 1.54) is 5.56 Å². The molecule has 2 heterocycles. The highest BCUT2D eigenvalue weighted by Gasteiger charge is 2.18. The number of hydrogen-bond acceptors (Lipinski definition) is 5. The Bertz CT molecular complexity index is 679. The summed E-state index contributed by atoms with van der Waals surface area (Å²) in [5, 5.41) is 12.9. The van der Waals surface area contributed by atoms with Crippen molar-refractivity contribution in [2.75, 3.05) is 37.6 Å². The third kappa shape index (κ3) is 4.11. The molecule has 1 N–H and O–H groups in total. The maximum Gasteiger partial charge on any atom is 0.128 e. The fourth-order valence-corrected chi connectivity index (χ4v) is 3.08. The van der Waals surface area contributed by atoms with Gasteiger partial charge in [0.05, 0.1) is 5.71 Å². The minimum Gasteiger partial charge on any atom is -0.411 e. The molecule has 3 rings (SSSR count). The summed E-state index contributed by atoms with van der Waals surface area (Å²) in [7, 11) is 0. The predicted molar refractivity (Wildman–Crippen MR) is 97.0 cm³/mol. The predicted octanol–water partition coefficient (Wildman–Crippen LogP) is 2.78. The van der Waals surface area contributed by atoms with Gasteiger partial charge >= 0.3 is 0 Å². The molecule has 1 aromatic carbocycles. The lowest BCUT2D eigenvalue weighted by Crippen LogP contribution is -2.47. The van der Waals surface area contributed by atoms with Crippen LogP contribution in [0.2, 0.25) is 0 Å². The third-order valence-electron chi connectivity index (χ3n) is 4.48. The van der Waals surface area contributed by atoms with Crippen molar-refractivity contribution in [3.05, 3.63) is 59.8 Å². The Morgan fingerprint density at radius 2 is 1.96 bits per heavy atom. The molecule has 0 saturated carbocycles. The van der Waals surface area contributed by atoms with E-state index in [1.54, 1.807) is 0 Å². The van der Waals surface area contributed by atoms with Crippen molar-refractivity contribution in [1.82, 2.24) is 9.88 Å². The van der Waals surface area contributed by atoms with E-state index in [0.717, 1.165) is 56.2 Å². The number of oxime groups is 1. The summed E-state index contributed by atoms with van der Waals surface area (Å²) in [6.07, 6.45) is 2.59. The first-order chi connectivity index (χ1) is 11.8. The van der Waals surface area contributed by atoms with Gasteiger partial charge < -0.3 is 10.1 Å². The second-order valence-electron chi connectivity index (χ2n) is 6.18. The van der Waals surface area contributed by atoms with Crippen LogP contribution in [0.5, 0.6) is 0 Å². The van der Waals surface area contributed by atoms with Gasteiger partial charge in [-0.2, -0.15) is 0 Å². The average molecular weight is 324 g/mol. The standard InChI is InChI=1S/C19H24N4O/c1-16-5-4-6-17(15-16)18(21-24)8-10-22-11-13-23(14-12-22)19-7-2-3-9-20-19/h2-7,9,15,24H,8,10-14H2,1H3/b21-18-. The largest absolute Gasteiger partial charge is 0.411 e. The van der Waals surface area contributed by atoms with Gasteiger partial charge in [0.25, 0.3) is 0 Å². The van der Waals surface area contributed by atoms with E-state index in [2.05, 4.69) is 45.1 Å². The van der Waals surface area contributed by atoms with E-state index in [9.17, 15) is 5.21 Å². The molecule has 0 atom stereocenters. The summed E-state index contributed by atoms with van der Waals surface area (Å²) < 4.78 is 0. The van der Waals surface area contributed by atoms with Crippen LogP contribution in [0, 0.1) is 6.92 Å². The monoisotopic (exact) mass is 324 g/mol. The maximum atomic E-state index is 9.34. The normalized spacial score (nSPS) is 16.4. The molecule has 0 radical (unpaired) electrons. The van der Waals surface area contributed by atoms with Crippen molar-refractivity contribution in [2.24, 2.45) is 5.16 Å². The molecule has 2 aromatic rings. The number of benzene rings is 1. The van der Waals surface area contributed by atoms with E-state index in [4.69, 9.17) is 0 Å². The number of aromatic nitrogens is 1. The van der Waals surface area contributed by atoms with Crippen LogP contribution in [-0.2, 0) is 0 Å². The van der Waals surface area contributed by atoms with E-state index in [1.807, 2.05) is 30.5 Å². The summed E-state index contributed by atoms with van der Waals surface area (Å²) in [5.41, 5.74) is 2.94. The number of pyridine rings is 1. The molecule has 1 fully saturated rings. The molecule has 0 aliphatic carbocycles. The number of hydrogen-bond donors (Lipinski definition) is 1. The summed E-state index contributed by atoms with van der Waals surface area (Å²) in [5.74, 6) is 1.05. The van der Waals surface area contributed by atoms with Crippen LogP contribution in [0.1, 0.15) is 17.5 Å². The van der Waals surface area contributed by atoms with Gasteiger partial charge in [0, 0.05) is 45.3 Å². The SMILES string of the molecule is Cc1cccc(/C(CCN2CCN(c3ccccn3)CC2)=N\O)c1. The van der Waals surface area contributed by atoms with Crippen molar-refractivity contribution in [3.8, 4) is 0 Å². The highest BCUT2D eigenvalue weighted by molar-refractivity contribution is 6.00. The molecule has 1 aromatic heterocycles. The van der Waals surface area contributed by atoms with Gasteiger partial charge in [0.1, 0.15) is 5.82 Å². The Morgan fingerprint density at radius 1 is 1.12 bits per heavy atom.